The lowest BCUT2D eigenvalue weighted by molar-refractivity contribution is 0.102. The van der Waals surface area contributed by atoms with Gasteiger partial charge in [0, 0.05) is 25.2 Å². The number of carbonyl (C=O) groups excluding carboxylic acids is 1. The average molecular weight is 453 g/mol. The van der Waals surface area contributed by atoms with E-state index in [4.69, 9.17) is 4.74 Å². The molecule has 0 saturated carbocycles. The number of nitrogens with one attached hydrogen (secondary N) is 1. The normalized spacial score (nSPS) is 11.3. The number of rotatable bonds is 10. The number of para-hydroxylation sites is 1. The van der Waals surface area contributed by atoms with Gasteiger partial charge in [0.25, 0.3) is 5.91 Å². The largest absolute Gasteiger partial charge is 0.492 e. The van der Waals surface area contributed by atoms with E-state index < -0.39 is 10.0 Å². The van der Waals surface area contributed by atoms with Crippen LogP contribution < -0.4 is 10.1 Å². The highest BCUT2D eigenvalue weighted by atomic mass is 32.2. The van der Waals surface area contributed by atoms with E-state index in [1.807, 2.05) is 36.4 Å². The topological polar surface area (TPSA) is 75.7 Å². The summed E-state index contributed by atoms with van der Waals surface area (Å²) in [4.78, 5) is 13.0. The number of anilines is 1. The quantitative estimate of drug-likeness (QED) is 0.488. The standard InChI is InChI=1S/C25H28N2O4S/c1-3-27(4-2)32(29,30)22-16-14-21(15-17-22)26-25(28)23-12-8-9-13-24(23)31-19-18-20-10-6-5-7-11-20/h5-17H,3-4,18-19H2,1-2H3,(H,26,28). The van der Waals surface area contributed by atoms with Crippen LogP contribution in [-0.4, -0.2) is 38.3 Å². The third kappa shape index (κ3) is 5.75. The molecule has 7 heteroatoms. The molecule has 0 fully saturated rings. The van der Waals surface area contributed by atoms with Gasteiger partial charge in [-0.2, -0.15) is 4.31 Å². The Bertz CT molecular complexity index is 1130. The van der Waals surface area contributed by atoms with E-state index in [0.29, 0.717) is 36.7 Å². The minimum absolute atomic E-state index is 0.198. The summed E-state index contributed by atoms with van der Waals surface area (Å²) in [6.45, 7) is 4.85. The number of nitrogens with zero attached hydrogens (tertiary/aromatic N) is 1. The Kier molecular flexibility index (Phi) is 8.03. The van der Waals surface area contributed by atoms with Gasteiger partial charge in [0.1, 0.15) is 5.75 Å². The van der Waals surface area contributed by atoms with Gasteiger partial charge in [-0.15, -0.1) is 0 Å². The number of benzene rings is 3. The molecule has 1 amide bonds. The molecule has 0 spiro atoms. The van der Waals surface area contributed by atoms with Crippen LogP contribution >= 0.6 is 0 Å². The highest BCUT2D eigenvalue weighted by Gasteiger charge is 2.21. The summed E-state index contributed by atoms with van der Waals surface area (Å²) in [5, 5.41) is 2.82. The fraction of sp³-hybridized carbons (Fsp3) is 0.240. The molecule has 32 heavy (non-hydrogen) atoms. The summed E-state index contributed by atoms with van der Waals surface area (Å²) in [6.07, 6.45) is 0.735. The van der Waals surface area contributed by atoms with Crippen molar-refractivity contribution in [2.45, 2.75) is 25.2 Å². The van der Waals surface area contributed by atoms with Crippen LogP contribution in [0.5, 0.6) is 5.75 Å². The van der Waals surface area contributed by atoms with Gasteiger partial charge in [-0.3, -0.25) is 4.79 Å². The summed E-state index contributed by atoms with van der Waals surface area (Å²) < 4.78 is 32.5. The Morgan fingerprint density at radius 1 is 0.875 bits per heavy atom. The molecule has 3 aromatic rings. The lowest BCUT2D eigenvalue weighted by Crippen LogP contribution is -2.30. The molecule has 0 aliphatic rings. The summed E-state index contributed by atoms with van der Waals surface area (Å²) in [6, 6.07) is 23.3. The van der Waals surface area contributed by atoms with Gasteiger partial charge in [0.15, 0.2) is 0 Å². The van der Waals surface area contributed by atoms with Crippen molar-refractivity contribution in [3.63, 3.8) is 0 Å². The molecule has 6 nitrogen and oxygen atoms in total. The molecule has 0 unspecified atom stereocenters. The minimum atomic E-state index is -3.54. The predicted octanol–water partition coefficient (Wildman–Crippen LogP) is 4.59. The van der Waals surface area contributed by atoms with Gasteiger partial charge in [-0.25, -0.2) is 8.42 Å². The maximum Gasteiger partial charge on any atom is 0.259 e. The third-order valence-electron chi connectivity index (χ3n) is 5.08. The van der Waals surface area contributed by atoms with E-state index in [1.165, 1.54) is 16.4 Å². The molecule has 1 N–H and O–H groups in total. The van der Waals surface area contributed by atoms with E-state index in [0.717, 1.165) is 12.0 Å². The first-order valence-corrected chi connectivity index (χ1v) is 12.1. The first-order valence-electron chi connectivity index (χ1n) is 10.6. The minimum Gasteiger partial charge on any atom is -0.492 e. The van der Waals surface area contributed by atoms with Crippen molar-refractivity contribution in [2.24, 2.45) is 0 Å². The molecule has 3 aromatic carbocycles. The van der Waals surface area contributed by atoms with Crippen molar-refractivity contribution in [3.05, 3.63) is 90.0 Å². The second kappa shape index (κ2) is 10.9. The zero-order valence-electron chi connectivity index (χ0n) is 18.3. The maximum absolute atomic E-state index is 12.8. The number of carbonyl (C=O) groups is 1. The third-order valence-corrected chi connectivity index (χ3v) is 7.14. The molecule has 168 valence electrons. The van der Waals surface area contributed by atoms with Gasteiger partial charge < -0.3 is 10.1 Å². The van der Waals surface area contributed by atoms with Gasteiger partial charge in [-0.05, 0) is 42.0 Å². The van der Waals surface area contributed by atoms with Crippen molar-refractivity contribution in [3.8, 4) is 5.75 Å². The molecular weight excluding hydrogens is 424 g/mol. The smallest absolute Gasteiger partial charge is 0.259 e. The predicted molar refractivity (Wildman–Crippen MR) is 127 cm³/mol. The molecular formula is C25H28N2O4S. The molecule has 3 rings (SSSR count). The van der Waals surface area contributed by atoms with E-state index in [2.05, 4.69) is 5.32 Å². The van der Waals surface area contributed by atoms with Gasteiger partial charge >= 0.3 is 0 Å². The van der Waals surface area contributed by atoms with Crippen molar-refractivity contribution < 1.29 is 17.9 Å². The van der Waals surface area contributed by atoms with Gasteiger partial charge in [-0.1, -0.05) is 56.3 Å². The Hall–Kier alpha value is -3.16. The number of sulfonamides is 1. The van der Waals surface area contributed by atoms with Crippen LogP contribution in [0, 0.1) is 0 Å². The van der Waals surface area contributed by atoms with Crippen LogP contribution in [0.2, 0.25) is 0 Å². The molecule has 0 bridgehead atoms. The van der Waals surface area contributed by atoms with Crippen molar-refractivity contribution in [1.82, 2.24) is 4.31 Å². The maximum atomic E-state index is 12.8. The van der Waals surface area contributed by atoms with Crippen LogP contribution in [0.3, 0.4) is 0 Å². The van der Waals surface area contributed by atoms with Crippen LogP contribution in [0.15, 0.2) is 83.8 Å². The van der Waals surface area contributed by atoms with Crippen LogP contribution in [-0.2, 0) is 16.4 Å². The Morgan fingerprint density at radius 3 is 2.16 bits per heavy atom. The van der Waals surface area contributed by atoms with Crippen molar-refractivity contribution in [1.29, 1.82) is 0 Å². The van der Waals surface area contributed by atoms with E-state index in [9.17, 15) is 13.2 Å². The summed E-state index contributed by atoms with van der Waals surface area (Å²) in [7, 11) is -3.54. The molecule has 0 aliphatic carbocycles. The fourth-order valence-electron chi connectivity index (χ4n) is 3.32. The zero-order chi connectivity index (χ0) is 23.0. The second-order valence-electron chi connectivity index (χ2n) is 7.15. The second-order valence-corrected chi connectivity index (χ2v) is 9.09. The average Bonchev–Trinajstić information content (AvgIpc) is 2.81. The Labute approximate surface area is 189 Å². The van der Waals surface area contributed by atoms with Crippen LogP contribution in [0.4, 0.5) is 5.69 Å². The molecule has 0 aromatic heterocycles. The lowest BCUT2D eigenvalue weighted by atomic mass is 10.1. The SMILES string of the molecule is CCN(CC)S(=O)(=O)c1ccc(NC(=O)c2ccccc2OCCc2ccccc2)cc1. The van der Waals surface area contributed by atoms with Crippen LogP contribution in [0.1, 0.15) is 29.8 Å². The summed E-state index contributed by atoms with van der Waals surface area (Å²) in [5.41, 5.74) is 2.09. The Morgan fingerprint density at radius 2 is 1.50 bits per heavy atom. The Balaban J connectivity index is 1.67. The van der Waals surface area contributed by atoms with E-state index >= 15 is 0 Å². The molecule has 0 radical (unpaired) electrons. The van der Waals surface area contributed by atoms with Crippen molar-refractivity contribution in [2.75, 3.05) is 25.0 Å². The first-order chi connectivity index (χ1) is 15.5. The molecule has 0 heterocycles. The molecule has 0 saturated heterocycles. The van der Waals surface area contributed by atoms with E-state index in [1.54, 1.807) is 44.2 Å². The number of hydrogen-bond acceptors (Lipinski definition) is 4. The number of hydrogen-bond donors (Lipinski definition) is 1. The van der Waals surface area contributed by atoms with Crippen LogP contribution in [0.25, 0.3) is 0 Å². The summed E-state index contributed by atoms with van der Waals surface area (Å²) in [5.74, 6) is 0.182. The first kappa shape index (κ1) is 23.5. The molecule has 0 aliphatic heterocycles. The monoisotopic (exact) mass is 452 g/mol. The zero-order valence-corrected chi connectivity index (χ0v) is 19.1. The van der Waals surface area contributed by atoms with Gasteiger partial charge in [0.2, 0.25) is 10.0 Å². The van der Waals surface area contributed by atoms with Gasteiger partial charge in [0.05, 0.1) is 17.1 Å². The highest BCUT2D eigenvalue weighted by Crippen LogP contribution is 2.22. The summed E-state index contributed by atoms with van der Waals surface area (Å²) >= 11 is 0. The number of ether oxygens (including phenoxy) is 1. The fourth-order valence-corrected chi connectivity index (χ4v) is 4.78. The van der Waals surface area contributed by atoms with E-state index in [-0.39, 0.29) is 10.8 Å². The van der Waals surface area contributed by atoms with Crippen molar-refractivity contribution >= 4 is 21.6 Å². The molecule has 0 atom stereocenters. The highest BCUT2D eigenvalue weighted by molar-refractivity contribution is 7.89. The lowest BCUT2D eigenvalue weighted by Gasteiger charge is -2.18. The number of amides is 1.